The van der Waals surface area contributed by atoms with Crippen LogP contribution in [0.1, 0.15) is 0 Å². The van der Waals surface area contributed by atoms with Gasteiger partial charge in [0.2, 0.25) is 0 Å². The molecule has 1 heterocycles. The van der Waals surface area contributed by atoms with Gasteiger partial charge in [0.1, 0.15) is 5.25 Å². The first-order valence-corrected chi connectivity index (χ1v) is 4.74. The van der Waals surface area contributed by atoms with Gasteiger partial charge in [-0.15, -0.1) is 0 Å². The molecule has 80 valence electrons. The molecule has 0 aliphatic carbocycles. The highest BCUT2D eigenvalue weighted by molar-refractivity contribution is 7.99. The maximum absolute atomic E-state index is 12.3. The third-order valence-corrected chi connectivity index (χ3v) is 2.95. The number of aryl methyl sites for hydroxylation is 1. The average Bonchev–Trinajstić information content (AvgIpc) is 2.45. The molecule has 1 aromatic heterocycles. The molecule has 2 N–H and O–H groups in total. The fourth-order valence-corrected chi connectivity index (χ4v) is 1.67. The molecule has 0 amide bonds. The minimum absolute atomic E-state index is 0.317. The van der Waals surface area contributed by atoms with Gasteiger partial charge in [-0.05, 0) is 0 Å². The molecule has 0 aliphatic rings. The van der Waals surface area contributed by atoms with E-state index in [0.29, 0.717) is 16.9 Å². The van der Waals surface area contributed by atoms with Gasteiger partial charge in [-0.25, -0.2) is 4.98 Å². The molecule has 1 aromatic rings. The van der Waals surface area contributed by atoms with Crippen LogP contribution in [0, 0.1) is 0 Å². The zero-order chi connectivity index (χ0) is 10.8. The Labute approximate surface area is 83.5 Å². The van der Waals surface area contributed by atoms with Gasteiger partial charge in [0.05, 0.1) is 0 Å². The summed E-state index contributed by atoms with van der Waals surface area (Å²) in [7, 11) is 1.64. The maximum Gasteiger partial charge on any atom is 0.402 e. The van der Waals surface area contributed by atoms with Crippen molar-refractivity contribution in [1.29, 1.82) is 0 Å². The third-order valence-electron chi connectivity index (χ3n) is 1.60. The quantitative estimate of drug-likeness (QED) is 0.791. The van der Waals surface area contributed by atoms with E-state index in [9.17, 15) is 13.2 Å². The first kappa shape index (κ1) is 11.4. The Morgan fingerprint density at radius 3 is 2.64 bits per heavy atom. The molecule has 7 heteroatoms. The molecular formula is C7H10F3N3S. The number of aromatic nitrogens is 2. The zero-order valence-corrected chi connectivity index (χ0v) is 8.27. The average molecular weight is 225 g/mol. The lowest BCUT2D eigenvalue weighted by Crippen LogP contribution is -2.33. The predicted octanol–water partition coefficient (Wildman–Crippen LogP) is 1.40. The van der Waals surface area contributed by atoms with Gasteiger partial charge < -0.3 is 10.3 Å². The van der Waals surface area contributed by atoms with E-state index in [4.69, 9.17) is 5.73 Å². The number of hydrogen-bond acceptors (Lipinski definition) is 3. The third kappa shape index (κ3) is 2.65. The van der Waals surface area contributed by atoms with Crippen molar-refractivity contribution >= 4 is 11.8 Å². The highest BCUT2D eigenvalue weighted by Crippen LogP contribution is 2.33. The van der Waals surface area contributed by atoms with Crippen molar-refractivity contribution in [2.75, 3.05) is 6.54 Å². The van der Waals surface area contributed by atoms with Crippen molar-refractivity contribution in [1.82, 2.24) is 9.55 Å². The van der Waals surface area contributed by atoms with E-state index in [1.165, 1.54) is 10.8 Å². The number of alkyl halides is 3. The molecule has 1 unspecified atom stereocenters. The topological polar surface area (TPSA) is 43.8 Å². The summed E-state index contributed by atoms with van der Waals surface area (Å²) in [6, 6.07) is 0. The second-order valence-corrected chi connectivity index (χ2v) is 3.87. The molecule has 0 fully saturated rings. The molecule has 0 saturated carbocycles. The number of halogens is 3. The number of hydrogen-bond donors (Lipinski definition) is 1. The number of thioether (sulfide) groups is 1. The van der Waals surface area contributed by atoms with Gasteiger partial charge in [-0.1, -0.05) is 11.8 Å². The Balaban J connectivity index is 2.71. The molecule has 3 nitrogen and oxygen atoms in total. The number of rotatable bonds is 3. The first-order valence-electron chi connectivity index (χ1n) is 3.86. The van der Waals surface area contributed by atoms with Crippen molar-refractivity contribution in [2.24, 2.45) is 12.8 Å². The van der Waals surface area contributed by atoms with Crippen LogP contribution < -0.4 is 5.73 Å². The monoisotopic (exact) mass is 225 g/mol. The van der Waals surface area contributed by atoms with Gasteiger partial charge in [-0.2, -0.15) is 13.2 Å². The van der Waals surface area contributed by atoms with Crippen LogP contribution in [0.15, 0.2) is 17.6 Å². The van der Waals surface area contributed by atoms with E-state index >= 15 is 0 Å². The fraction of sp³-hybridized carbons (Fsp3) is 0.571. The molecule has 1 rings (SSSR count). The zero-order valence-electron chi connectivity index (χ0n) is 7.45. The molecule has 0 spiro atoms. The second-order valence-electron chi connectivity index (χ2n) is 2.70. The van der Waals surface area contributed by atoms with Crippen molar-refractivity contribution in [2.45, 2.75) is 16.6 Å². The summed E-state index contributed by atoms with van der Waals surface area (Å²) in [6.45, 7) is -0.443. The molecule has 0 aliphatic heterocycles. The van der Waals surface area contributed by atoms with Crippen molar-refractivity contribution < 1.29 is 13.2 Å². The molecular weight excluding hydrogens is 215 g/mol. The van der Waals surface area contributed by atoms with Crippen LogP contribution in [-0.4, -0.2) is 27.5 Å². The van der Waals surface area contributed by atoms with E-state index in [1.807, 2.05) is 0 Å². The lowest BCUT2D eigenvalue weighted by molar-refractivity contribution is -0.126. The van der Waals surface area contributed by atoms with E-state index in [2.05, 4.69) is 4.98 Å². The lowest BCUT2D eigenvalue weighted by atomic mass is 10.4. The minimum atomic E-state index is -4.29. The van der Waals surface area contributed by atoms with Gasteiger partial charge >= 0.3 is 6.18 Å². The molecule has 1 atom stereocenters. The smallest absolute Gasteiger partial charge is 0.329 e. The highest BCUT2D eigenvalue weighted by Gasteiger charge is 2.40. The maximum atomic E-state index is 12.3. The normalized spacial score (nSPS) is 14.4. The minimum Gasteiger partial charge on any atom is -0.329 e. The lowest BCUT2D eigenvalue weighted by Gasteiger charge is -2.16. The number of imidazole rings is 1. The molecule has 0 radical (unpaired) electrons. The first-order chi connectivity index (χ1) is 6.45. The van der Waals surface area contributed by atoms with Crippen LogP contribution in [0.5, 0.6) is 0 Å². The molecule has 0 aromatic carbocycles. The molecule has 0 bridgehead atoms. The highest BCUT2D eigenvalue weighted by atomic mass is 32.2. The van der Waals surface area contributed by atoms with Crippen LogP contribution in [0.4, 0.5) is 13.2 Å². The van der Waals surface area contributed by atoms with Crippen molar-refractivity contribution in [3.63, 3.8) is 0 Å². The molecule has 14 heavy (non-hydrogen) atoms. The summed E-state index contributed by atoms with van der Waals surface area (Å²) >= 11 is 0.631. The van der Waals surface area contributed by atoms with Crippen LogP contribution in [-0.2, 0) is 7.05 Å². The van der Waals surface area contributed by atoms with Crippen molar-refractivity contribution in [3.8, 4) is 0 Å². The Kier molecular flexibility index (Phi) is 3.43. The largest absolute Gasteiger partial charge is 0.402 e. The van der Waals surface area contributed by atoms with E-state index < -0.39 is 18.0 Å². The second kappa shape index (κ2) is 4.22. The van der Waals surface area contributed by atoms with E-state index in [-0.39, 0.29) is 0 Å². The van der Waals surface area contributed by atoms with Crippen LogP contribution in [0.25, 0.3) is 0 Å². The van der Waals surface area contributed by atoms with Gasteiger partial charge in [0, 0.05) is 26.0 Å². The predicted molar refractivity (Wildman–Crippen MR) is 48.0 cm³/mol. The van der Waals surface area contributed by atoms with Crippen LogP contribution in [0.2, 0.25) is 0 Å². The van der Waals surface area contributed by atoms with E-state index in [1.54, 1.807) is 13.2 Å². The van der Waals surface area contributed by atoms with Crippen LogP contribution in [0.3, 0.4) is 0 Å². The fourth-order valence-electron chi connectivity index (χ4n) is 0.841. The summed E-state index contributed by atoms with van der Waals surface area (Å²) in [4.78, 5) is 3.79. The molecule has 0 saturated heterocycles. The van der Waals surface area contributed by atoms with Crippen molar-refractivity contribution in [3.05, 3.63) is 12.4 Å². The number of nitrogens with two attached hydrogens (primary N) is 1. The Hall–Kier alpha value is -0.690. The van der Waals surface area contributed by atoms with Gasteiger partial charge in [-0.3, -0.25) is 0 Å². The summed E-state index contributed by atoms with van der Waals surface area (Å²) in [6.07, 6.45) is -1.25. The summed E-state index contributed by atoms with van der Waals surface area (Å²) in [5.74, 6) is 0. The standard InChI is InChI=1S/C7H10F3N3S/c1-13-3-2-12-6(13)14-5(4-11)7(8,9)10/h2-3,5H,4,11H2,1H3. The van der Waals surface area contributed by atoms with E-state index in [0.717, 1.165) is 0 Å². The number of nitrogens with zero attached hydrogens (tertiary/aromatic N) is 2. The van der Waals surface area contributed by atoms with Gasteiger partial charge in [0.15, 0.2) is 5.16 Å². The Morgan fingerprint density at radius 2 is 2.29 bits per heavy atom. The SMILES string of the molecule is Cn1ccnc1SC(CN)C(F)(F)F. The summed E-state index contributed by atoms with van der Waals surface area (Å²) in [5, 5.41) is -1.28. The Morgan fingerprint density at radius 1 is 1.64 bits per heavy atom. The summed E-state index contributed by atoms with van der Waals surface area (Å²) < 4.78 is 38.4. The van der Waals surface area contributed by atoms with Crippen LogP contribution >= 0.6 is 11.8 Å². The van der Waals surface area contributed by atoms with Gasteiger partial charge in [0.25, 0.3) is 0 Å². The Bertz CT molecular complexity index is 297. The summed E-state index contributed by atoms with van der Waals surface area (Å²) in [5.41, 5.74) is 5.05.